The van der Waals surface area contributed by atoms with Crippen molar-refractivity contribution in [3.05, 3.63) is 52.0 Å². The summed E-state index contributed by atoms with van der Waals surface area (Å²) in [5.74, 6) is 0.266. The monoisotopic (exact) mass is 303 g/mol. The number of hydrogen-bond donors (Lipinski definition) is 2. The minimum atomic E-state index is -0.141. The van der Waals surface area contributed by atoms with Crippen LogP contribution < -0.4 is 10.6 Å². The van der Waals surface area contributed by atoms with Crippen LogP contribution in [0.4, 0.5) is 4.79 Å². The SMILES string of the molecule is Cc1ncsc1CNC(=O)N[C@H](C)[C@H](C)c1ccccc1. The van der Waals surface area contributed by atoms with Gasteiger partial charge in [-0.05, 0) is 19.4 Å². The molecule has 0 radical (unpaired) electrons. The summed E-state index contributed by atoms with van der Waals surface area (Å²) in [5.41, 5.74) is 4.00. The second kappa shape index (κ2) is 7.22. The van der Waals surface area contributed by atoms with Gasteiger partial charge in [0.25, 0.3) is 0 Å². The summed E-state index contributed by atoms with van der Waals surface area (Å²) in [7, 11) is 0. The Labute approximate surface area is 129 Å². The highest BCUT2D eigenvalue weighted by Gasteiger charge is 2.16. The number of hydrogen-bond acceptors (Lipinski definition) is 3. The van der Waals surface area contributed by atoms with Crippen molar-refractivity contribution in [2.24, 2.45) is 0 Å². The zero-order chi connectivity index (χ0) is 15.2. The van der Waals surface area contributed by atoms with Crippen LogP contribution in [0.2, 0.25) is 0 Å². The van der Waals surface area contributed by atoms with Crippen molar-refractivity contribution in [2.75, 3.05) is 0 Å². The molecule has 0 saturated heterocycles. The molecule has 2 amide bonds. The quantitative estimate of drug-likeness (QED) is 0.889. The number of aromatic nitrogens is 1. The number of aryl methyl sites for hydroxylation is 1. The first-order chi connectivity index (χ1) is 10.1. The molecule has 0 bridgehead atoms. The number of carbonyl (C=O) groups is 1. The smallest absolute Gasteiger partial charge is 0.315 e. The normalized spacial score (nSPS) is 13.5. The van der Waals surface area contributed by atoms with Crippen molar-refractivity contribution < 1.29 is 4.79 Å². The molecule has 0 saturated carbocycles. The van der Waals surface area contributed by atoms with Crippen LogP contribution in [0.5, 0.6) is 0 Å². The van der Waals surface area contributed by atoms with E-state index in [-0.39, 0.29) is 18.0 Å². The first kappa shape index (κ1) is 15.5. The molecular weight excluding hydrogens is 282 g/mol. The van der Waals surface area contributed by atoms with Gasteiger partial charge in [-0.2, -0.15) is 0 Å². The lowest BCUT2D eigenvalue weighted by atomic mass is 9.95. The van der Waals surface area contributed by atoms with Gasteiger partial charge in [-0.25, -0.2) is 9.78 Å². The number of nitrogens with zero attached hydrogens (tertiary/aromatic N) is 1. The zero-order valence-electron chi connectivity index (χ0n) is 12.6. The number of thiazole rings is 1. The number of amides is 2. The van der Waals surface area contributed by atoms with E-state index < -0.39 is 0 Å². The molecule has 0 spiro atoms. The molecule has 4 nitrogen and oxygen atoms in total. The lowest BCUT2D eigenvalue weighted by Gasteiger charge is -2.22. The van der Waals surface area contributed by atoms with Crippen LogP contribution >= 0.6 is 11.3 Å². The van der Waals surface area contributed by atoms with E-state index in [0.29, 0.717) is 6.54 Å². The van der Waals surface area contributed by atoms with Crippen molar-refractivity contribution in [2.45, 2.75) is 39.3 Å². The highest BCUT2D eigenvalue weighted by atomic mass is 32.1. The van der Waals surface area contributed by atoms with E-state index in [2.05, 4.69) is 34.7 Å². The molecule has 1 aromatic heterocycles. The second-order valence-electron chi connectivity index (χ2n) is 5.18. The molecule has 2 rings (SSSR count). The highest BCUT2D eigenvalue weighted by Crippen LogP contribution is 2.18. The van der Waals surface area contributed by atoms with Gasteiger partial charge >= 0.3 is 6.03 Å². The summed E-state index contributed by atoms with van der Waals surface area (Å²) in [5, 5.41) is 5.88. The van der Waals surface area contributed by atoms with Crippen molar-refractivity contribution in [3.63, 3.8) is 0 Å². The molecule has 5 heteroatoms. The maximum absolute atomic E-state index is 12.0. The number of rotatable bonds is 5. The van der Waals surface area contributed by atoms with Crippen LogP contribution in [-0.4, -0.2) is 17.1 Å². The highest BCUT2D eigenvalue weighted by molar-refractivity contribution is 7.09. The Morgan fingerprint density at radius 2 is 2.00 bits per heavy atom. The molecule has 0 aliphatic heterocycles. The minimum absolute atomic E-state index is 0.0648. The minimum Gasteiger partial charge on any atom is -0.335 e. The van der Waals surface area contributed by atoms with Gasteiger partial charge in [0, 0.05) is 16.8 Å². The van der Waals surface area contributed by atoms with Crippen molar-refractivity contribution >= 4 is 17.4 Å². The van der Waals surface area contributed by atoms with Gasteiger partial charge in [-0.15, -0.1) is 11.3 Å². The fourth-order valence-corrected chi connectivity index (χ4v) is 2.80. The predicted octanol–water partition coefficient (Wildman–Crippen LogP) is 3.44. The van der Waals surface area contributed by atoms with Crippen LogP contribution in [0.1, 0.15) is 35.9 Å². The van der Waals surface area contributed by atoms with Gasteiger partial charge in [-0.3, -0.25) is 0 Å². The first-order valence-electron chi connectivity index (χ1n) is 7.06. The van der Waals surface area contributed by atoms with E-state index in [4.69, 9.17) is 0 Å². The topological polar surface area (TPSA) is 54.0 Å². The zero-order valence-corrected chi connectivity index (χ0v) is 13.4. The number of carbonyl (C=O) groups excluding carboxylic acids is 1. The van der Waals surface area contributed by atoms with Crippen molar-refractivity contribution in [3.8, 4) is 0 Å². The Morgan fingerprint density at radius 3 is 2.62 bits per heavy atom. The third kappa shape index (κ3) is 4.29. The molecule has 21 heavy (non-hydrogen) atoms. The van der Waals surface area contributed by atoms with E-state index in [0.717, 1.165) is 10.6 Å². The second-order valence-corrected chi connectivity index (χ2v) is 6.12. The molecule has 0 aliphatic carbocycles. The first-order valence-corrected chi connectivity index (χ1v) is 7.94. The van der Waals surface area contributed by atoms with Gasteiger partial charge < -0.3 is 10.6 Å². The lowest BCUT2D eigenvalue weighted by Crippen LogP contribution is -2.42. The van der Waals surface area contributed by atoms with E-state index in [1.165, 1.54) is 5.56 Å². The molecule has 112 valence electrons. The van der Waals surface area contributed by atoms with Gasteiger partial charge in [0.2, 0.25) is 0 Å². The van der Waals surface area contributed by atoms with Crippen LogP contribution in [0.15, 0.2) is 35.8 Å². The fraction of sp³-hybridized carbons (Fsp3) is 0.375. The van der Waals surface area contributed by atoms with Gasteiger partial charge in [0.1, 0.15) is 0 Å². The number of urea groups is 1. The number of nitrogens with one attached hydrogen (secondary N) is 2. The maximum Gasteiger partial charge on any atom is 0.315 e. The predicted molar refractivity (Wildman–Crippen MR) is 86.5 cm³/mol. The van der Waals surface area contributed by atoms with Crippen molar-refractivity contribution in [1.29, 1.82) is 0 Å². The molecule has 1 aromatic carbocycles. The van der Waals surface area contributed by atoms with Crippen LogP contribution in [-0.2, 0) is 6.54 Å². The molecule has 2 N–H and O–H groups in total. The van der Waals surface area contributed by atoms with Crippen LogP contribution in [0.3, 0.4) is 0 Å². The molecule has 0 fully saturated rings. The molecule has 0 aliphatic rings. The summed E-state index contributed by atoms with van der Waals surface area (Å²) in [4.78, 5) is 17.2. The molecular formula is C16H21N3OS. The molecule has 0 unspecified atom stereocenters. The Morgan fingerprint density at radius 1 is 1.29 bits per heavy atom. The third-order valence-electron chi connectivity index (χ3n) is 3.69. The van der Waals surface area contributed by atoms with Crippen molar-refractivity contribution in [1.82, 2.24) is 15.6 Å². The number of benzene rings is 1. The fourth-order valence-electron chi connectivity index (χ4n) is 2.08. The summed E-state index contributed by atoms with van der Waals surface area (Å²) >= 11 is 1.56. The molecule has 2 aromatic rings. The third-order valence-corrected chi connectivity index (χ3v) is 4.62. The molecule has 1 heterocycles. The standard InChI is InChI=1S/C16H21N3OS/c1-11(14-7-5-4-6-8-14)12(2)19-16(20)17-9-15-13(3)18-10-21-15/h4-8,10-12H,9H2,1-3H3,(H2,17,19,20)/t11-,12+/m0/s1. The Balaban J connectivity index is 1.83. The Kier molecular flexibility index (Phi) is 5.33. The van der Waals surface area contributed by atoms with Gasteiger partial charge in [0.15, 0.2) is 0 Å². The van der Waals surface area contributed by atoms with Gasteiger partial charge in [0.05, 0.1) is 17.7 Å². The van der Waals surface area contributed by atoms with E-state index in [1.54, 1.807) is 16.8 Å². The summed E-state index contributed by atoms with van der Waals surface area (Å²) < 4.78 is 0. The summed E-state index contributed by atoms with van der Waals surface area (Å²) in [6.45, 7) is 6.61. The summed E-state index contributed by atoms with van der Waals surface area (Å²) in [6, 6.07) is 10.1. The molecule has 2 atom stereocenters. The van der Waals surface area contributed by atoms with Crippen LogP contribution in [0, 0.1) is 6.92 Å². The van der Waals surface area contributed by atoms with E-state index in [1.807, 2.05) is 32.0 Å². The average Bonchev–Trinajstić information content (AvgIpc) is 2.90. The van der Waals surface area contributed by atoms with Gasteiger partial charge in [-0.1, -0.05) is 37.3 Å². The maximum atomic E-state index is 12.0. The van der Waals surface area contributed by atoms with E-state index >= 15 is 0 Å². The lowest BCUT2D eigenvalue weighted by molar-refractivity contribution is 0.236. The Hall–Kier alpha value is -1.88. The average molecular weight is 303 g/mol. The van der Waals surface area contributed by atoms with E-state index in [9.17, 15) is 4.79 Å². The largest absolute Gasteiger partial charge is 0.335 e. The summed E-state index contributed by atoms with van der Waals surface area (Å²) in [6.07, 6.45) is 0. The Bertz CT molecular complexity index is 582. The van der Waals surface area contributed by atoms with Crippen LogP contribution in [0.25, 0.3) is 0 Å².